The fourth-order valence-electron chi connectivity index (χ4n) is 1.96. The van der Waals surface area contributed by atoms with Crippen molar-refractivity contribution in [2.45, 2.75) is 13.3 Å². The highest BCUT2D eigenvalue weighted by Gasteiger charge is 2.34. The van der Waals surface area contributed by atoms with Gasteiger partial charge in [0.2, 0.25) is 0 Å². The summed E-state index contributed by atoms with van der Waals surface area (Å²) in [6.45, 7) is 3.44. The first-order chi connectivity index (χ1) is 8.61. The lowest BCUT2D eigenvalue weighted by atomic mass is 10.2. The van der Waals surface area contributed by atoms with E-state index in [0.29, 0.717) is 12.5 Å². The Bertz CT molecular complexity index is 497. The van der Waals surface area contributed by atoms with Gasteiger partial charge in [0.15, 0.2) is 0 Å². The quantitative estimate of drug-likeness (QED) is 0.844. The predicted octanol–water partition coefficient (Wildman–Crippen LogP) is 1.79. The Hall–Kier alpha value is -1.31. The second kappa shape index (κ2) is 5.55. The van der Waals surface area contributed by atoms with Crippen molar-refractivity contribution in [3.05, 3.63) is 21.9 Å². The SMILES string of the molecule is CC1CC1CN(C)C(=O)c1csc(C#CCN)c1. The van der Waals surface area contributed by atoms with Crippen LogP contribution in [0.4, 0.5) is 0 Å². The van der Waals surface area contributed by atoms with Crippen molar-refractivity contribution in [1.82, 2.24) is 4.90 Å². The van der Waals surface area contributed by atoms with E-state index in [1.165, 1.54) is 17.8 Å². The number of rotatable bonds is 3. The fourth-order valence-corrected chi connectivity index (χ4v) is 2.71. The molecule has 1 fully saturated rings. The highest BCUT2D eigenvalue weighted by atomic mass is 32.1. The minimum Gasteiger partial charge on any atom is -0.341 e. The smallest absolute Gasteiger partial charge is 0.254 e. The molecule has 1 aromatic heterocycles. The number of carbonyl (C=O) groups excluding carboxylic acids is 1. The molecular formula is C14H18N2OS. The molecule has 18 heavy (non-hydrogen) atoms. The zero-order valence-corrected chi connectivity index (χ0v) is 11.6. The molecule has 0 saturated heterocycles. The maximum Gasteiger partial charge on any atom is 0.254 e. The van der Waals surface area contributed by atoms with Crippen molar-refractivity contribution in [3.8, 4) is 11.8 Å². The number of carbonyl (C=O) groups is 1. The Labute approximate surface area is 112 Å². The molecule has 1 heterocycles. The fraction of sp³-hybridized carbons (Fsp3) is 0.500. The van der Waals surface area contributed by atoms with Crippen molar-refractivity contribution in [1.29, 1.82) is 0 Å². The van der Waals surface area contributed by atoms with Crippen molar-refractivity contribution < 1.29 is 4.79 Å². The van der Waals surface area contributed by atoms with Crippen molar-refractivity contribution in [2.75, 3.05) is 20.1 Å². The molecular weight excluding hydrogens is 244 g/mol. The molecule has 2 atom stereocenters. The molecule has 96 valence electrons. The normalized spacial score (nSPS) is 21.1. The van der Waals surface area contributed by atoms with Crippen molar-refractivity contribution >= 4 is 17.2 Å². The molecule has 1 aromatic rings. The standard InChI is InChI=1S/C14H18N2OS/c1-10-6-11(10)8-16(2)14(17)12-7-13(18-9-12)4-3-5-15/h7,9-11H,5-6,8,15H2,1-2H3. The Kier molecular flexibility index (Phi) is 4.05. The third kappa shape index (κ3) is 3.12. The van der Waals surface area contributed by atoms with Crippen LogP contribution >= 0.6 is 11.3 Å². The molecule has 2 N–H and O–H groups in total. The third-order valence-electron chi connectivity index (χ3n) is 3.29. The Balaban J connectivity index is 1.97. The molecule has 2 rings (SSSR count). The van der Waals surface area contributed by atoms with E-state index in [0.717, 1.165) is 22.9 Å². The summed E-state index contributed by atoms with van der Waals surface area (Å²) >= 11 is 1.49. The van der Waals surface area contributed by atoms with Gasteiger partial charge in [-0.25, -0.2) is 0 Å². The Morgan fingerprint density at radius 2 is 2.39 bits per heavy atom. The molecule has 1 aliphatic rings. The van der Waals surface area contributed by atoms with Crippen LogP contribution in [0.25, 0.3) is 0 Å². The molecule has 1 aliphatic carbocycles. The van der Waals surface area contributed by atoms with Crippen LogP contribution in [0.2, 0.25) is 0 Å². The summed E-state index contributed by atoms with van der Waals surface area (Å²) in [4.78, 5) is 14.9. The average Bonchev–Trinajstić information content (AvgIpc) is 2.87. The zero-order chi connectivity index (χ0) is 13.1. The van der Waals surface area contributed by atoms with E-state index in [4.69, 9.17) is 5.73 Å². The van der Waals surface area contributed by atoms with Crippen LogP contribution in [-0.2, 0) is 0 Å². The van der Waals surface area contributed by atoms with Crippen LogP contribution in [-0.4, -0.2) is 30.9 Å². The Morgan fingerprint density at radius 3 is 3.00 bits per heavy atom. The van der Waals surface area contributed by atoms with E-state index in [-0.39, 0.29) is 5.91 Å². The van der Waals surface area contributed by atoms with Crippen LogP contribution in [0, 0.1) is 23.7 Å². The highest BCUT2D eigenvalue weighted by molar-refractivity contribution is 7.10. The summed E-state index contributed by atoms with van der Waals surface area (Å²) in [5.74, 6) is 7.30. The number of nitrogens with two attached hydrogens (primary N) is 1. The van der Waals surface area contributed by atoms with Crippen LogP contribution in [0.1, 0.15) is 28.6 Å². The van der Waals surface area contributed by atoms with E-state index < -0.39 is 0 Å². The van der Waals surface area contributed by atoms with Gasteiger partial charge in [-0.15, -0.1) is 11.3 Å². The second-order valence-electron chi connectivity index (χ2n) is 4.86. The van der Waals surface area contributed by atoms with Crippen LogP contribution in [0.3, 0.4) is 0 Å². The van der Waals surface area contributed by atoms with Gasteiger partial charge in [-0.3, -0.25) is 4.79 Å². The summed E-state index contributed by atoms with van der Waals surface area (Å²) in [5.41, 5.74) is 6.06. The lowest BCUT2D eigenvalue weighted by Gasteiger charge is -2.15. The highest BCUT2D eigenvalue weighted by Crippen LogP contribution is 2.38. The molecule has 0 radical (unpaired) electrons. The molecule has 0 aliphatic heterocycles. The van der Waals surface area contributed by atoms with Crippen LogP contribution < -0.4 is 5.73 Å². The van der Waals surface area contributed by atoms with Gasteiger partial charge in [-0.05, 0) is 24.3 Å². The van der Waals surface area contributed by atoms with Crippen molar-refractivity contribution in [3.63, 3.8) is 0 Å². The topological polar surface area (TPSA) is 46.3 Å². The lowest BCUT2D eigenvalue weighted by molar-refractivity contribution is 0.0787. The second-order valence-corrected chi connectivity index (χ2v) is 5.78. The van der Waals surface area contributed by atoms with Gasteiger partial charge in [0, 0.05) is 19.0 Å². The molecule has 2 unspecified atom stereocenters. The summed E-state index contributed by atoms with van der Waals surface area (Å²) in [6.07, 6.45) is 1.24. The molecule has 3 nitrogen and oxygen atoms in total. The molecule has 1 saturated carbocycles. The summed E-state index contributed by atoms with van der Waals surface area (Å²) in [7, 11) is 1.87. The van der Waals surface area contributed by atoms with E-state index in [1.54, 1.807) is 0 Å². The number of hydrogen-bond donors (Lipinski definition) is 1. The lowest BCUT2D eigenvalue weighted by Crippen LogP contribution is -2.28. The first-order valence-corrected chi connectivity index (χ1v) is 7.02. The first kappa shape index (κ1) is 13.1. The van der Waals surface area contributed by atoms with Gasteiger partial charge < -0.3 is 10.6 Å². The van der Waals surface area contributed by atoms with E-state index in [9.17, 15) is 4.79 Å². The zero-order valence-electron chi connectivity index (χ0n) is 10.8. The van der Waals surface area contributed by atoms with Gasteiger partial charge in [0.1, 0.15) is 0 Å². The van der Waals surface area contributed by atoms with E-state index in [2.05, 4.69) is 18.8 Å². The summed E-state index contributed by atoms with van der Waals surface area (Å²) < 4.78 is 0. The predicted molar refractivity (Wildman–Crippen MR) is 74.5 cm³/mol. The maximum absolute atomic E-state index is 12.2. The van der Waals surface area contributed by atoms with Gasteiger partial charge in [0.25, 0.3) is 5.91 Å². The number of thiophene rings is 1. The number of amides is 1. The van der Waals surface area contributed by atoms with Gasteiger partial charge >= 0.3 is 0 Å². The third-order valence-corrected chi connectivity index (χ3v) is 4.14. The number of hydrogen-bond acceptors (Lipinski definition) is 3. The van der Waals surface area contributed by atoms with E-state index >= 15 is 0 Å². The monoisotopic (exact) mass is 262 g/mol. The van der Waals surface area contributed by atoms with Crippen LogP contribution in [0.15, 0.2) is 11.4 Å². The summed E-state index contributed by atoms with van der Waals surface area (Å²) in [5, 5.41) is 1.87. The minimum atomic E-state index is 0.0890. The first-order valence-electron chi connectivity index (χ1n) is 6.14. The molecule has 0 spiro atoms. The van der Waals surface area contributed by atoms with Crippen LogP contribution in [0.5, 0.6) is 0 Å². The van der Waals surface area contributed by atoms with Gasteiger partial charge in [-0.2, -0.15) is 0 Å². The average molecular weight is 262 g/mol. The number of nitrogens with zero attached hydrogens (tertiary/aromatic N) is 1. The largest absolute Gasteiger partial charge is 0.341 e. The van der Waals surface area contributed by atoms with Crippen molar-refractivity contribution in [2.24, 2.45) is 17.6 Å². The molecule has 0 bridgehead atoms. The summed E-state index contributed by atoms with van der Waals surface area (Å²) in [6, 6.07) is 1.85. The molecule has 1 amide bonds. The van der Waals surface area contributed by atoms with Gasteiger partial charge in [-0.1, -0.05) is 18.8 Å². The minimum absolute atomic E-state index is 0.0890. The van der Waals surface area contributed by atoms with Gasteiger partial charge in [0.05, 0.1) is 17.0 Å². The van der Waals surface area contributed by atoms with E-state index in [1.807, 2.05) is 23.4 Å². The Morgan fingerprint density at radius 1 is 1.67 bits per heavy atom. The molecule has 4 heteroatoms. The maximum atomic E-state index is 12.2. The molecule has 0 aromatic carbocycles.